The molecule has 0 fully saturated rings. The SMILES string of the molecule is COC(=O)c1cc(C(C)(C)C)sc1NC(=O)c1nc2nccc(C)n2n1. The van der Waals surface area contributed by atoms with E-state index < -0.39 is 11.9 Å². The van der Waals surface area contributed by atoms with Gasteiger partial charge in [0.1, 0.15) is 5.00 Å². The molecule has 3 rings (SSSR count). The maximum atomic E-state index is 12.6. The number of nitrogens with one attached hydrogen (secondary N) is 1. The number of carbonyl (C=O) groups is 2. The van der Waals surface area contributed by atoms with Gasteiger partial charge in [-0.2, -0.15) is 4.98 Å². The maximum absolute atomic E-state index is 12.6. The van der Waals surface area contributed by atoms with E-state index in [0.29, 0.717) is 16.3 Å². The first-order chi connectivity index (χ1) is 12.2. The van der Waals surface area contributed by atoms with Crippen molar-refractivity contribution in [2.45, 2.75) is 33.1 Å². The minimum Gasteiger partial charge on any atom is -0.465 e. The minimum absolute atomic E-state index is 0.0201. The Morgan fingerprint density at radius 3 is 2.65 bits per heavy atom. The van der Waals surface area contributed by atoms with E-state index in [-0.39, 0.29) is 11.2 Å². The topological polar surface area (TPSA) is 98.5 Å². The van der Waals surface area contributed by atoms with Gasteiger partial charge in [-0.05, 0) is 24.5 Å². The summed E-state index contributed by atoms with van der Waals surface area (Å²) < 4.78 is 6.32. The van der Waals surface area contributed by atoms with E-state index in [1.54, 1.807) is 18.3 Å². The molecule has 0 aromatic carbocycles. The van der Waals surface area contributed by atoms with Crippen molar-refractivity contribution in [2.75, 3.05) is 12.4 Å². The molecule has 3 aromatic rings. The number of fused-ring (bicyclic) bond motifs is 1. The van der Waals surface area contributed by atoms with Gasteiger partial charge in [0, 0.05) is 16.8 Å². The molecule has 0 aliphatic heterocycles. The standard InChI is InChI=1S/C17H19N5O3S/c1-9-6-7-18-16-19-12(21-22(9)16)13(23)20-14-10(15(24)25-5)8-11(26-14)17(2,3)4/h6-8H,1-5H3,(H,20,23). The fraction of sp³-hybridized carbons (Fsp3) is 0.353. The van der Waals surface area contributed by atoms with Crippen LogP contribution in [-0.2, 0) is 10.2 Å². The molecular formula is C17H19N5O3S. The van der Waals surface area contributed by atoms with E-state index in [1.807, 2.05) is 27.7 Å². The Morgan fingerprint density at radius 1 is 1.31 bits per heavy atom. The average molecular weight is 373 g/mol. The van der Waals surface area contributed by atoms with Crippen molar-refractivity contribution in [3.8, 4) is 0 Å². The van der Waals surface area contributed by atoms with Gasteiger partial charge in [-0.3, -0.25) is 4.79 Å². The van der Waals surface area contributed by atoms with E-state index in [2.05, 4.69) is 20.4 Å². The van der Waals surface area contributed by atoms with Gasteiger partial charge in [-0.1, -0.05) is 20.8 Å². The van der Waals surface area contributed by atoms with E-state index in [1.165, 1.54) is 23.0 Å². The summed E-state index contributed by atoms with van der Waals surface area (Å²) in [6.07, 6.45) is 1.60. The molecule has 9 heteroatoms. The fourth-order valence-corrected chi connectivity index (χ4v) is 3.38. The van der Waals surface area contributed by atoms with Crippen LogP contribution in [0.25, 0.3) is 5.78 Å². The van der Waals surface area contributed by atoms with Gasteiger partial charge < -0.3 is 10.1 Å². The maximum Gasteiger partial charge on any atom is 0.340 e. The van der Waals surface area contributed by atoms with Crippen LogP contribution in [0.3, 0.4) is 0 Å². The summed E-state index contributed by atoms with van der Waals surface area (Å²) in [6, 6.07) is 3.52. The molecule has 0 atom stereocenters. The zero-order valence-electron chi connectivity index (χ0n) is 15.2. The van der Waals surface area contributed by atoms with Crippen LogP contribution >= 0.6 is 11.3 Å². The molecule has 1 N–H and O–H groups in total. The zero-order valence-corrected chi connectivity index (χ0v) is 16.0. The van der Waals surface area contributed by atoms with Gasteiger partial charge in [0.25, 0.3) is 11.7 Å². The molecule has 26 heavy (non-hydrogen) atoms. The number of aromatic nitrogens is 4. The van der Waals surface area contributed by atoms with Crippen LogP contribution in [-0.4, -0.2) is 38.6 Å². The van der Waals surface area contributed by atoms with Crippen LogP contribution in [0.5, 0.6) is 0 Å². The minimum atomic E-state index is -0.512. The van der Waals surface area contributed by atoms with E-state index in [0.717, 1.165) is 10.6 Å². The summed E-state index contributed by atoms with van der Waals surface area (Å²) in [4.78, 5) is 33.8. The molecule has 0 unspecified atom stereocenters. The summed E-state index contributed by atoms with van der Waals surface area (Å²) in [6.45, 7) is 7.94. The number of hydrogen-bond acceptors (Lipinski definition) is 7. The molecule has 8 nitrogen and oxygen atoms in total. The number of carbonyl (C=O) groups excluding carboxylic acids is 2. The molecule has 0 aliphatic rings. The average Bonchev–Trinajstić information content (AvgIpc) is 3.19. The van der Waals surface area contributed by atoms with Crippen molar-refractivity contribution in [3.05, 3.63) is 40.3 Å². The Kier molecular flexibility index (Phi) is 4.49. The predicted molar refractivity (Wildman–Crippen MR) is 97.8 cm³/mol. The number of hydrogen-bond donors (Lipinski definition) is 1. The monoisotopic (exact) mass is 373 g/mol. The van der Waals surface area contributed by atoms with E-state index in [9.17, 15) is 9.59 Å². The number of methoxy groups -OCH3 is 1. The van der Waals surface area contributed by atoms with Crippen molar-refractivity contribution in [2.24, 2.45) is 0 Å². The zero-order chi connectivity index (χ0) is 19.1. The lowest BCUT2D eigenvalue weighted by atomic mass is 9.94. The van der Waals surface area contributed by atoms with Gasteiger partial charge in [0.2, 0.25) is 5.82 Å². The Hall–Kier alpha value is -2.81. The first kappa shape index (κ1) is 18.0. The quantitative estimate of drug-likeness (QED) is 0.709. The molecule has 0 aliphatic carbocycles. The van der Waals surface area contributed by atoms with Gasteiger partial charge in [-0.15, -0.1) is 16.4 Å². The second kappa shape index (κ2) is 6.49. The number of nitrogens with zero attached hydrogens (tertiary/aromatic N) is 4. The fourth-order valence-electron chi connectivity index (χ4n) is 2.28. The third-order valence-corrected chi connectivity index (χ3v) is 5.21. The highest BCUT2D eigenvalue weighted by atomic mass is 32.1. The van der Waals surface area contributed by atoms with Gasteiger partial charge in [0.05, 0.1) is 12.7 Å². The summed E-state index contributed by atoms with van der Waals surface area (Å²) in [5, 5.41) is 7.32. The molecule has 136 valence electrons. The lowest BCUT2D eigenvalue weighted by molar-refractivity contribution is 0.0602. The molecule has 0 saturated heterocycles. The number of anilines is 1. The smallest absolute Gasteiger partial charge is 0.340 e. The van der Waals surface area contributed by atoms with Gasteiger partial charge in [-0.25, -0.2) is 14.3 Å². The van der Waals surface area contributed by atoms with Crippen molar-refractivity contribution in [3.63, 3.8) is 0 Å². The summed E-state index contributed by atoms with van der Waals surface area (Å²) in [5.41, 5.74) is 0.954. The first-order valence-electron chi connectivity index (χ1n) is 7.93. The molecule has 0 spiro atoms. The van der Waals surface area contributed by atoms with Crippen molar-refractivity contribution in [1.29, 1.82) is 0 Å². The lowest BCUT2D eigenvalue weighted by Gasteiger charge is -2.15. The lowest BCUT2D eigenvalue weighted by Crippen LogP contribution is -2.15. The Bertz CT molecular complexity index is 1000. The second-order valence-electron chi connectivity index (χ2n) is 6.78. The number of thiophene rings is 1. The number of ether oxygens (including phenoxy) is 1. The Balaban J connectivity index is 1.96. The van der Waals surface area contributed by atoms with E-state index in [4.69, 9.17) is 4.74 Å². The van der Waals surface area contributed by atoms with Gasteiger partial charge >= 0.3 is 5.97 Å². The highest BCUT2D eigenvalue weighted by Crippen LogP contribution is 2.36. The van der Waals surface area contributed by atoms with Crippen molar-refractivity contribution < 1.29 is 14.3 Å². The van der Waals surface area contributed by atoms with Crippen LogP contribution in [0.2, 0.25) is 0 Å². The van der Waals surface area contributed by atoms with Gasteiger partial charge in [0.15, 0.2) is 0 Å². The van der Waals surface area contributed by atoms with Crippen LogP contribution in [0.15, 0.2) is 18.3 Å². The molecule has 3 aromatic heterocycles. The Morgan fingerprint density at radius 2 is 2.04 bits per heavy atom. The highest BCUT2D eigenvalue weighted by molar-refractivity contribution is 7.16. The predicted octanol–water partition coefficient (Wildman–Crippen LogP) is 2.83. The molecule has 0 bridgehead atoms. The number of esters is 1. The van der Waals surface area contributed by atoms with Crippen LogP contribution < -0.4 is 5.32 Å². The van der Waals surface area contributed by atoms with Crippen LogP contribution in [0, 0.1) is 6.92 Å². The van der Waals surface area contributed by atoms with Crippen molar-refractivity contribution >= 4 is 34.0 Å². The summed E-state index contributed by atoms with van der Waals surface area (Å²) in [7, 11) is 1.31. The molecule has 0 radical (unpaired) electrons. The van der Waals surface area contributed by atoms with Crippen LogP contribution in [0.4, 0.5) is 5.00 Å². The largest absolute Gasteiger partial charge is 0.465 e. The van der Waals surface area contributed by atoms with E-state index >= 15 is 0 Å². The van der Waals surface area contributed by atoms with Crippen LogP contribution in [0.1, 0.15) is 52.3 Å². The third kappa shape index (κ3) is 3.30. The summed E-state index contributed by atoms with van der Waals surface area (Å²) >= 11 is 1.33. The van der Waals surface area contributed by atoms with Crippen molar-refractivity contribution in [1.82, 2.24) is 19.6 Å². The molecular weight excluding hydrogens is 354 g/mol. The number of rotatable bonds is 3. The highest BCUT2D eigenvalue weighted by Gasteiger charge is 2.25. The third-order valence-electron chi connectivity index (χ3n) is 3.74. The molecule has 1 amide bonds. The first-order valence-corrected chi connectivity index (χ1v) is 8.74. The number of aryl methyl sites for hydroxylation is 1. The normalized spacial score (nSPS) is 11.6. The molecule has 0 saturated carbocycles. The molecule has 3 heterocycles. The second-order valence-corrected chi connectivity index (χ2v) is 7.83. The summed E-state index contributed by atoms with van der Waals surface area (Å²) in [5.74, 6) is -0.701. The number of amides is 1. The Labute approximate surface area is 154 Å².